The summed E-state index contributed by atoms with van der Waals surface area (Å²) in [5.74, 6) is 0.367. The Bertz CT molecular complexity index is 395. The normalized spacial score (nSPS) is 19.1. The highest BCUT2D eigenvalue weighted by Crippen LogP contribution is 2.35. The van der Waals surface area contributed by atoms with E-state index < -0.39 is 0 Å². The van der Waals surface area contributed by atoms with Crippen LogP contribution in [0.3, 0.4) is 0 Å². The van der Waals surface area contributed by atoms with Gasteiger partial charge in [0.2, 0.25) is 0 Å². The zero-order valence-corrected chi connectivity index (χ0v) is 11.4. The van der Waals surface area contributed by atoms with E-state index in [2.05, 4.69) is 15.9 Å². The average molecular weight is 302 g/mol. The Hall–Kier alpha value is -0.450. The lowest BCUT2D eigenvalue weighted by Gasteiger charge is -2.22. The summed E-state index contributed by atoms with van der Waals surface area (Å²) in [5, 5.41) is 0. The van der Waals surface area contributed by atoms with Crippen molar-refractivity contribution in [2.45, 2.75) is 31.4 Å². The maximum Gasteiger partial charge on any atom is 0.137 e. The molecule has 0 aromatic heterocycles. The summed E-state index contributed by atoms with van der Waals surface area (Å²) in [7, 11) is 1.71. The zero-order valence-electron chi connectivity index (χ0n) is 9.83. The van der Waals surface area contributed by atoms with E-state index in [-0.39, 0.29) is 18.0 Å². The van der Waals surface area contributed by atoms with Gasteiger partial charge in [-0.25, -0.2) is 4.39 Å². The van der Waals surface area contributed by atoms with Gasteiger partial charge < -0.3 is 10.5 Å². The molecule has 0 saturated heterocycles. The fourth-order valence-corrected chi connectivity index (χ4v) is 2.62. The van der Waals surface area contributed by atoms with Crippen molar-refractivity contribution in [2.75, 3.05) is 7.11 Å². The Morgan fingerprint density at radius 3 is 2.76 bits per heavy atom. The lowest BCUT2D eigenvalue weighted by Crippen LogP contribution is -2.39. The predicted molar refractivity (Wildman–Crippen MR) is 69.3 cm³/mol. The van der Waals surface area contributed by atoms with Gasteiger partial charge in [-0.2, -0.15) is 0 Å². The van der Waals surface area contributed by atoms with Gasteiger partial charge >= 0.3 is 0 Å². The number of hydrogen-bond acceptors (Lipinski definition) is 2. The molecule has 2 rings (SSSR count). The van der Waals surface area contributed by atoms with Gasteiger partial charge in [-0.15, -0.1) is 0 Å². The van der Waals surface area contributed by atoms with E-state index in [9.17, 15) is 4.39 Å². The fourth-order valence-electron chi connectivity index (χ4n) is 2.20. The third-order valence-corrected chi connectivity index (χ3v) is 3.84. The van der Waals surface area contributed by atoms with E-state index in [1.54, 1.807) is 19.2 Å². The molecule has 1 fully saturated rings. The summed E-state index contributed by atoms with van der Waals surface area (Å²) in [4.78, 5) is 0. The van der Waals surface area contributed by atoms with Gasteiger partial charge in [0.05, 0.1) is 10.6 Å². The molecule has 0 spiro atoms. The first-order valence-corrected chi connectivity index (χ1v) is 6.63. The van der Waals surface area contributed by atoms with Crippen LogP contribution >= 0.6 is 15.9 Å². The Morgan fingerprint density at radius 2 is 2.24 bits per heavy atom. The Morgan fingerprint density at radius 1 is 1.53 bits per heavy atom. The highest BCUT2D eigenvalue weighted by molar-refractivity contribution is 9.10. The van der Waals surface area contributed by atoms with Crippen molar-refractivity contribution < 1.29 is 9.13 Å². The molecule has 0 heterocycles. The van der Waals surface area contributed by atoms with Crippen molar-refractivity contribution in [2.24, 2.45) is 11.7 Å². The molecule has 1 saturated carbocycles. The predicted octanol–water partition coefficient (Wildman–Crippen LogP) is 2.88. The highest BCUT2D eigenvalue weighted by Gasteiger charge is 2.35. The van der Waals surface area contributed by atoms with Crippen LogP contribution in [-0.4, -0.2) is 19.3 Å². The van der Waals surface area contributed by atoms with E-state index in [4.69, 9.17) is 10.5 Å². The minimum atomic E-state index is -0.243. The van der Waals surface area contributed by atoms with Gasteiger partial charge in [0.15, 0.2) is 0 Å². The highest BCUT2D eigenvalue weighted by atomic mass is 79.9. The third-order valence-electron chi connectivity index (χ3n) is 3.24. The molecular weight excluding hydrogens is 285 g/mol. The molecule has 0 amide bonds. The molecule has 1 aromatic carbocycles. The van der Waals surface area contributed by atoms with Crippen LogP contribution in [0.5, 0.6) is 0 Å². The second-order valence-corrected chi connectivity index (χ2v) is 5.51. The maximum absolute atomic E-state index is 13.1. The number of ether oxygens (including phenoxy) is 1. The monoisotopic (exact) mass is 301 g/mol. The van der Waals surface area contributed by atoms with Crippen LogP contribution in [0.2, 0.25) is 0 Å². The van der Waals surface area contributed by atoms with Crippen LogP contribution < -0.4 is 5.73 Å². The minimum Gasteiger partial charge on any atom is -0.380 e. The first kappa shape index (κ1) is 13.0. The lowest BCUT2D eigenvalue weighted by molar-refractivity contribution is 0.0626. The van der Waals surface area contributed by atoms with Gasteiger partial charge in [-0.1, -0.05) is 6.07 Å². The standard InChI is InChI=1S/C13H17BrFNO/c1-17-13(9-3-4-9)12(16)7-8-2-5-11(15)10(14)6-8/h2,5-6,9,12-13H,3-4,7,16H2,1H3. The summed E-state index contributed by atoms with van der Waals surface area (Å²) >= 11 is 3.18. The number of benzene rings is 1. The smallest absolute Gasteiger partial charge is 0.137 e. The number of hydrogen-bond donors (Lipinski definition) is 1. The van der Waals surface area contributed by atoms with Gasteiger partial charge in [-0.3, -0.25) is 0 Å². The Balaban J connectivity index is 2.01. The lowest BCUT2D eigenvalue weighted by atomic mass is 9.99. The number of halogens is 2. The maximum atomic E-state index is 13.1. The molecule has 4 heteroatoms. The molecule has 1 aliphatic rings. The summed E-state index contributed by atoms with van der Waals surface area (Å²) in [6, 6.07) is 5.00. The third kappa shape index (κ3) is 3.27. The SMILES string of the molecule is COC(C(N)Cc1ccc(F)c(Br)c1)C1CC1. The molecule has 1 aromatic rings. The molecule has 0 aliphatic heterocycles. The van der Waals surface area contributed by atoms with E-state index >= 15 is 0 Å². The van der Waals surface area contributed by atoms with Crippen molar-refractivity contribution in [1.29, 1.82) is 0 Å². The Labute approximate surface area is 109 Å². The molecule has 2 unspecified atom stereocenters. The van der Waals surface area contributed by atoms with Gasteiger partial charge in [-0.05, 0) is 58.8 Å². The van der Waals surface area contributed by atoms with Crippen LogP contribution in [0.25, 0.3) is 0 Å². The Kier molecular flexibility index (Phi) is 4.17. The summed E-state index contributed by atoms with van der Waals surface area (Å²) in [6.45, 7) is 0. The van der Waals surface area contributed by atoms with Crippen molar-refractivity contribution in [1.82, 2.24) is 0 Å². The van der Waals surface area contributed by atoms with Crippen LogP contribution in [-0.2, 0) is 11.2 Å². The summed E-state index contributed by atoms with van der Waals surface area (Å²) < 4.78 is 19.0. The quantitative estimate of drug-likeness (QED) is 0.907. The second-order valence-electron chi connectivity index (χ2n) is 4.65. The molecule has 2 atom stereocenters. The largest absolute Gasteiger partial charge is 0.380 e. The fraction of sp³-hybridized carbons (Fsp3) is 0.538. The molecule has 2 nitrogen and oxygen atoms in total. The van der Waals surface area contributed by atoms with Crippen LogP contribution in [0, 0.1) is 11.7 Å². The van der Waals surface area contributed by atoms with Gasteiger partial charge in [0, 0.05) is 13.2 Å². The van der Waals surface area contributed by atoms with Crippen molar-refractivity contribution in [3.8, 4) is 0 Å². The van der Waals surface area contributed by atoms with E-state index in [1.807, 2.05) is 0 Å². The first-order chi connectivity index (χ1) is 8.11. The minimum absolute atomic E-state index is 0.0233. The second kappa shape index (κ2) is 5.46. The first-order valence-electron chi connectivity index (χ1n) is 5.84. The molecular formula is C13H17BrFNO. The van der Waals surface area contributed by atoms with E-state index in [0.29, 0.717) is 16.8 Å². The molecule has 1 aliphatic carbocycles. The number of rotatable bonds is 5. The number of nitrogens with two attached hydrogens (primary N) is 1. The van der Waals surface area contributed by atoms with Crippen LogP contribution in [0.15, 0.2) is 22.7 Å². The topological polar surface area (TPSA) is 35.2 Å². The van der Waals surface area contributed by atoms with Gasteiger partial charge in [0.25, 0.3) is 0 Å². The molecule has 94 valence electrons. The molecule has 17 heavy (non-hydrogen) atoms. The molecule has 0 bridgehead atoms. The summed E-state index contributed by atoms with van der Waals surface area (Å²) in [5.41, 5.74) is 7.19. The summed E-state index contributed by atoms with van der Waals surface area (Å²) in [6.07, 6.45) is 3.26. The zero-order chi connectivity index (χ0) is 12.4. The van der Waals surface area contributed by atoms with E-state index in [1.165, 1.54) is 18.9 Å². The van der Waals surface area contributed by atoms with Crippen molar-refractivity contribution in [3.63, 3.8) is 0 Å². The van der Waals surface area contributed by atoms with Crippen LogP contribution in [0.4, 0.5) is 4.39 Å². The van der Waals surface area contributed by atoms with Crippen molar-refractivity contribution in [3.05, 3.63) is 34.1 Å². The molecule has 2 N–H and O–H groups in total. The van der Waals surface area contributed by atoms with Crippen LogP contribution in [0.1, 0.15) is 18.4 Å². The van der Waals surface area contributed by atoms with E-state index in [0.717, 1.165) is 5.56 Å². The number of methoxy groups -OCH3 is 1. The average Bonchev–Trinajstić information content (AvgIpc) is 3.09. The molecule has 0 radical (unpaired) electrons. The van der Waals surface area contributed by atoms with Crippen molar-refractivity contribution >= 4 is 15.9 Å². The van der Waals surface area contributed by atoms with Gasteiger partial charge in [0.1, 0.15) is 5.82 Å².